The maximum absolute atomic E-state index is 13.4. The van der Waals surface area contributed by atoms with Gasteiger partial charge >= 0.3 is 0 Å². The summed E-state index contributed by atoms with van der Waals surface area (Å²) in [5.74, 6) is 1.94. The Morgan fingerprint density at radius 3 is 2.72 bits per heavy atom. The topological polar surface area (TPSA) is 67.5 Å². The van der Waals surface area contributed by atoms with Crippen molar-refractivity contribution in [2.75, 3.05) is 12.4 Å². The van der Waals surface area contributed by atoms with E-state index >= 15 is 0 Å². The molecule has 0 bridgehead atoms. The summed E-state index contributed by atoms with van der Waals surface area (Å²) in [6.07, 6.45) is 1.68. The lowest BCUT2D eigenvalue weighted by Gasteiger charge is -2.11. The van der Waals surface area contributed by atoms with Gasteiger partial charge in [0, 0.05) is 21.5 Å². The molecule has 0 amide bonds. The average molecular weight is 508 g/mol. The summed E-state index contributed by atoms with van der Waals surface area (Å²) < 4.78 is 2.18. The number of hydrogen-bond acceptors (Lipinski definition) is 5. The van der Waals surface area contributed by atoms with Gasteiger partial charge in [-0.25, -0.2) is 4.98 Å². The molecule has 0 aliphatic heterocycles. The number of aliphatic hydroxyl groups is 1. The molecule has 4 rings (SSSR count). The first-order chi connectivity index (χ1) is 15.5. The second-order valence-corrected chi connectivity index (χ2v) is 9.37. The van der Waals surface area contributed by atoms with E-state index in [1.807, 2.05) is 67.6 Å². The van der Waals surface area contributed by atoms with Crippen molar-refractivity contribution >= 4 is 44.8 Å². The molecular weight excluding hydrogens is 486 g/mol. The minimum Gasteiger partial charge on any atom is -0.396 e. The lowest BCUT2D eigenvalue weighted by atomic mass is 10.1. The third kappa shape index (κ3) is 5.18. The predicted octanol–water partition coefficient (Wildman–Crippen LogP) is 5.24. The number of halogens is 1. The first-order valence-electron chi connectivity index (χ1n) is 10.2. The summed E-state index contributed by atoms with van der Waals surface area (Å²) in [6, 6.07) is 21.4. The van der Waals surface area contributed by atoms with Crippen LogP contribution in [-0.4, -0.2) is 33.3 Å². The summed E-state index contributed by atoms with van der Waals surface area (Å²) in [5.41, 5.74) is 4.37. The second kappa shape index (κ2) is 10.3. The zero-order valence-corrected chi connectivity index (χ0v) is 19.9. The van der Waals surface area contributed by atoms with Crippen LogP contribution >= 0.6 is 27.7 Å². The van der Waals surface area contributed by atoms with E-state index in [1.165, 1.54) is 4.68 Å². The Hall–Kier alpha value is -2.74. The van der Waals surface area contributed by atoms with Gasteiger partial charge < -0.3 is 5.11 Å². The van der Waals surface area contributed by atoms with Crippen LogP contribution < -0.4 is 5.56 Å². The van der Waals surface area contributed by atoms with Gasteiger partial charge in [-0.2, -0.15) is 21.5 Å². The normalized spacial score (nSPS) is 11.5. The predicted molar refractivity (Wildman–Crippen MR) is 137 cm³/mol. The number of hydrogen-bond donors (Lipinski definition) is 1. The van der Waals surface area contributed by atoms with Gasteiger partial charge in [0.15, 0.2) is 5.82 Å². The standard InChI is InChI=1S/C25H22BrN3O2S/c1-17-5-7-18(8-6-17)15-27-29-24(20-4-2-3-19(13-20)16-32-12-11-30)28-23-10-9-21(26)14-22(23)25(29)31/h2-10,13-15,30H,11-12,16H2,1H3/b27-15+. The molecule has 0 aliphatic carbocycles. The van der Waals surface area contributed by atoms with E-state index in [4.69, 9.17) is 10.1 Å². The maximum Gasteiger partial charge on any atom is 0.282 e. The Balaban J connectivity index is 1.84. The van der Waals surface area contributed by atoms with E-state index < -0.39 is 0 Å². The Morgan fingerprint density at radius 1 is 1.12 bits per heavy atom. The molecule has 0 fully saturated rings. The quantitative estimate of drug-likeness (QED) is 0.274. The monoisotopic (exact) mass is 507 g/mol. The molecule has 0 saturated heterocycles. The van der Waals surface area contributed by atoms with E-state index in [9.17, 15) is 4.79 Å². The number of rotatable bonds is 7. The van der Waals surface area contributed by atoms with Crippen molar-refractivity contribution in [2.24, 2.45) is 5.10 Å². The molecule has 0 aliphatic rings. The number of nitrogens with zero attached hydrogens (tertiary/aromatic N) is 3. The molecular formula is C25H22BrN3O2S. The van der Waals surface area contributed by atoms with Crippen LogP contribution in [0.1, 0.15) is 16.7 Å². The van der Waals surface area contributed by atoms with Gasteiger partial charge in [-0.1, -0.05) is 64.0 Å². The third-order valence-electron chi connectivity index (χ3n) is 4.90. The van der Waals surface area contributed by atoms with Gasteiger partial charge in [0.2, 0.25) is 0 Å². The number of benzene rings is 3. The van der Waals surface area contributed by atoms with Crippen LogP contribution in [0.5, 0.6) is 0 Å². The highest BCUT2D eigenvalue weighted by Crippen LogP contribution is 2.23. The van der Waals surface area contributed by atoms with E-state index in [0.717, 1.165) is 32.5 Å². The minimum absolute atomic E-state index is 0.152. The molecule has 162 valence electrons. The summed E-state index contributed by atoms with van der Waals surface area (Å²) in [5, 5.41) is 14.1. The molecule has 0 radical (unpaired) electrons. The van der Waals surface area contributed by atoms with Crippen LogP contribution in [-0.2, 0) is 5.75 Å². The summed E-state index contributed by atoms with van der Waals surface area (Å²) in [7, 11) is 0. The van der Waals surface area contributed by atoms with Crippen LogP contribution in [0.3, 0.4) is 0 Å². The van der Waals surface area contributed by atoms with Crippen LogP contribution in [0.2, 0.25) is 0 Å². The largest absolute Gasteiger partial charge is 0.396 e. The van der Waals surface area contributed by atoms with Crippen molar-refractivity contribution in [3.05, 3.63) is 98.2 Å². The van der Waals surface area contributed by atoms with Crippen molar-refractivity contribution in [3.63, 3.8) is 0 Å². The number of aryl methyl sites for hydroxylation is 1. The third-order valence-corrected chi connectivity index (χ3v) is 6.40. The van der Waals surface area contributed by atoms with Gasteiger partial charge in [0.1, 0.15) is 0 Å². The maximum atomic E-state index is 13.4. The van der Waals surface area contributed by atoms with Crippen LogP contribution in [0, 0.1) is 6.92 Å². The first kappa shape index (κ1) is 22.5. The van der Waals surface area contributed by atoms with E-state index in [2.05, 4.69) is 21.0 Å². The molecule has 32 heavy (non-hydrogen) atoms. The highest BCUT2D eigenvalue weighted by Gasteiger charge is 2.13. The van der Waals surface area contributed by atoms with Crippen LogP contribution in [0.25, 0.3) is 22.3 Å². The SMILES string of the molecule is Cc1ccc(/C=N/n2c(-c3cccc(CSCCO)c3)nc3ccc(Br)cc3c2=O)cc1. The molecule has 1 N–H and O–H groups in total. The Bertz CT molecular complexity index is 1330. The fourth-order valence-corrected chi connectivity index (χ4v) is 4.32. The van der Waals surface area contributed by atoms with Crippen molar-refractivity contribution < 1.29 is 5.11 Å². The van der Waals surface area contributed by atoms with Gasteiger partial charge in [0.05, 0.1) is 23.7 Å². The number of aliphatic hydroxyl groups excluding tert-OH is 1. The van der Waals surface area contributed by atoms with Crippen molar-refractivity contribution in [2.45, 2.75) is 12.7 Å². The van der Waals surface area contributed by atoms with Gasteiger partial charge in [-0.3, -0.25) is 4.79 Å². The molecule has 4 aromatic rings. The fraction of sp³-hybridized carbons (Fsp3) is 0.160. The van der Waals surface area contributed by atoms with E-state index in [-0.39, 0.29) is 12.2 Å². The highest BCUT2D eigenvalue weighted by molar-refractivity contribution is 9.10. The molecule has 3 aromatic carbocycles. The zero-order chi connectivity index (χ0) is 22.5. The Labute approximate surface area is 199 Å². The van der Waals surface area contributed by atoms with Gasteiger partial charge in [-0.15, -0.1) is 0 Å². The van der Waals surface area contributed by atoms with Gasteiger partial charge in [0.25, 0.3) is 5.56 Å². The summed E-state index contributed by atoms with van der Waals surface area (Å²) >= 11 is 5.10. The molecule has 7 heteroatoms. The molecule has 0 spiro atoms. The highest BCUT2D eigenvalue weighted by atomic mass is 79.9. The molecule has 1 aromatic heterocycles. The first-order valence-corrected chi connectivity index (χ1v) is 12.1. The van der Waals surface area contributed by atoms with Crippen LogP contribution in [0.15, 0.2) is 81.1 Å². The Morgan fingerprint density at radius 2 is 1.94 bits per heavy atom. The zero-order valence-electron chi connectivity index (χ0n) is 17.5. The summed E-state index contributed by atoms with van der Waals surface area (Å²) in [4.78, 5) is 18.2. The summed E-state index contributed by atoms with van der Waals surface area (Å²) in [6.45, 7) is 2.18. The molecule has 0 unspecified atom stereocenters. The van der Waals surface area contributed by atoms with Crippen molar-refractivity contribution in [1.29, 1.82) is 0 Å². The van der Waals surface area contributed by atoms with Crippen molar-refractivity contribution in [3.8, 4) is 11.4 Å². The number of fused-ring (bicyclic) bond motifs is 1. The van der Waals surface area contributed by atoms with E-state index in [0.29, 0.717) is 22.5 Å². The lowest BCUT2D eigenvalue weighted by Crippen LogP contribution is -2.20. The van der Waals surface area contributed by atoms with E-state index in [1.54, 1.807) is 24.0 Å². The van der Waals surface area contributed by atoms with Crippen LogP contribution in [0.4, 0.5) is 0 Å². The fourth-order valence-electron chi connectivity index (χ4n) is 3.27. The average Bonchev–Trinajstić information content (AvgIpc) is 2.80. The smallest absolute Gasteiger partial charge is 0.282 e. The minimum atomic E-state index is -0.227. The second-order valence-electron chi connectivity index (χ2n) is 7.35. The number of aromatic nitrogens is 2. The molecule has 5 nitrogen and oxygen atoms in total. The molecule has 1 heterocycles. The Kier molecular flexibility index (Phi) is 7.19. The van der Waals surface area contributed by atoms with Gasteiger partial charge in [-0.05, 0) is 42.3 Å². The lowest BCUT2D eigenvalue weighted by molar-refractivity contribution is 0.322. The molecule has 0 atom stereocenters. The molecule has 0 saturated carbocycles. The number of thioether (sulfide) groups is 1. The van der Waals surface area contributed by atoms with Crippen molar-refractivity contribution in [1.82, 2.24) is 9.66 Å².